The van der Waals surface area contributed by atoms with Crippen LogP contribution in [0.3, 0.4) is 0 Å². The molecule has 0 aliphatic rings. The van der Waals surface area contributed by atoms with E-state index < -0.39 is 0 Å². The molecular weight excluding hydrogens is 254 g/mol. The Morgan fingerprint density at radius 3 is 1.30 bits per heavy atom. The molecule has 0 rings (SSSR count). The maximum atomic E-state index is 5.46. The van der Waals surface area contributed by atoms with Gasteiger partial charge in [0.2, 0.25) is 0 Å². The fourth-order valence-electron chi connectivity index (χ4n) is 0.199. The molecule has 0 aromatic rings. The van der Waals surface area contributed by atoms with Crippen LogP contribution >= 0.6 is 68.0 Å². The minimum absolute atomic E-state index is 0.304. The third-order valence-corrected chi connectivity index (χ3v) is 4.24. The van der Waals surface area contributed by atoms with E-state index in [4.69, 9.17) is 46.4 Å². The van der Waals surface area contributed by atoms with Crippen molar-refractivity contribution < 1.29 is 0 Å². The molecule has 0 aromatic carbocycles. The second-order valence-corrected chi connectivity index (χ2v) is 6.46. The lowest BCUT2D eigenvalue weighted by Crippen LogP contribution is -1.91. The van der Waals surface area contributed by atoms with Crippen LogP contribution < -0.4 is 0 Å². The van der Waals surface area contributed by atoms with Crippen molar-refractivity contribution in [2.75, 3.05) is 11.5 Å². The zero-order valence-corrected chi connectivity index (χ0v) is 9.55. The highest BCUT2D eigenvalue weighted by Gasteiger charge is 2.01. The predicted molar refractivity (Wildman–Crippen MR) is 55.9 cm³/mol. The third-order valence-electron chi connectivity index (χ3n) is 0.471. The average molecular weight is 260 g/mol. The maximum Gasteiger partial charge on any atom is 0.117 e. The van der Waals surface area contributed by atoms with Crippen LogP contribution in [0.25, 0.3) is 0 Å². The molecule has 0 spiro atoms. The number of hydrogen-bond donors (Lipinski definition) is 0. The molecule has 6 heteroatoms. The fourth-order valence-corrected chi connectivity index (χ4v) is 3.64. The van der Waals surface area contributed by atoms with Crippen LogP contribution in [0.2, 0.25) is 0 Å². The molecule has 0 saturated heterocycles. The lowest BCUT2D eigenvalue weighted by molar-refractivity contribution is 1.41. The van der Waals surface area contributed by atoms with E-state index in [0.717, 1.165) is 0 Å². The van der Waals surface area contributed by atoms with E-state index in [0.29, 0.717) is 11.5 Å². The first kappa shape index (κ1) is 11.9. The van der Waals surface area contributed by atoms with Crippen LogP contribution in [0, 0.1) is 0 Å². The summed E-state index contributed by atoms with van der Waals surface area (Å²) in [6, 6.07) is 0. The fraction of sp³-hybridized carbons (Fsp3) is 1.00. The van der Waals surface area contributed by atoms with Crippen molar-refractivity contribution in [3.8, 4) is 0 Å². The Morgan fingerprint density at radius 2 is 1.10 bits per heavy atom. The highest BCUT2D eigenvalue weighted by Crippen LogP contribution is 2.27. The van der Waals surface area contributed by atoms with Crippen LogP contribution in [0.1, 0.15) is 0 Å². The van der Waals surface area contributed by atoms with E-state index in [1.165, 1.54) is 0 Å². The summed E-state index contributed by atoms with van der Waals surface area (Å²) in [6.45, 7) is 0. The summed E-state index contributed by atoms with van der Waals surface area (Å²) in [4.78, 5) is -0.608. The number of rotatable bonds is 5. The van der Waals surface area contributed by atoms with Crippen molar-refractivity contribution in [3.05, 3.63) is 0 Å². The molecule has 0 radical (unpaired) electrons. The molecule has 10 heavy (non-hydrogen) atoms. The summed E-state index contributed by atoms with van der Waals surface area (Å²) in [7, 11) is 3.15. The van der Waals surface area contributed by atoms with Crippen molar-refractivity contribution in [2.24, 2.45) is 0 Å². The van der Waals surface area contributed by atoms with Crippen molar-refractivity contribution in [2.45, 2.75) is 9.67 Å². The van der Waals surface area contributed by atoms with E-state index in [1.54, 1.807) is 21.6 Å². The highest BCUT2D eigenvalue weighted by atomic mass is 35.5. The standard InChI is InChI=1S/C4H6Cl4S2/c5-3(6)1-9-10-2-4(7)8/h3-4H,1-2H2. The number of alkyl halides is 4. The van der Waals surface area contributed by atoms with E-state index >= 15 is 0 Å². The molecule has 0 N–H and O–H groups in total. The molecular formula is C4H6Cl4S2. The molecule has 0 aromatic heterocycles. The molecule has 0 saturated carbocycles. The van der Waals surface area contributed by atoms with Gasteiger partial charge < -0.3 is 0 Å². The molecule has 0 unspecified atom stereocenters. The monoisotopic (exact) mass is 258 g/mol. The van der Waals surface area contributed by atoms with Crippen LogP contribution in [0.4, 0.5) is 0 Å². The summed E-state index contributed by atoms with van der Waals surface area (Å²) in [6.07, 6.45) is 0. The van der Waals surface area contributed by atoms with Crippen LogP contribution in [0.15, 0.2) is 0 Å². The van der Waals surface area contributed by atoms with E-state index in [-0.39, 0.29) is 9.67 Å². The molecule has 0 aliphatic heterocycles. The van der Waals surface area contributed by atoms with Gasteiger partial charge in [-0.3, -0.25) is 0 Å². The van der Waals surface area contributed by atoms with Gasteiger partial charge in [0.1, 0.15) is 9.67 Å². The zero-order chi connectivity index (χ0) is 7.98. The minimum Gasteiger partial charge on any atom is -0.104 e. The summed E-state index contributed by atoms with van der Waals surface area (Å²) in [5.74, 6) is 1.41. The van der Waals surface area contributed by atoms with Gasteiger partial charge in [0.15, 0.2) is 0 Å². The second-order valence-electron chi connectivity index (χ2n) is 1.35. The highest BCUT2D eigenvalue weighted by molar-refractivity contribution is 8.76. The first-order valence-electron chi connectivity index (χ1n) is 2.43. The van der Waals surface area contributed by atoms with E-state index in [2.05, 4.69) is 0 Å². The Balaban J connectivity index is 2.91. The van der Waals surface area contributed by atoms with Gasteiger partial charge in [-0.2, -0.15) is 0 Å². The smallest absolute Gasteiger partial charge is 0.104 e. The Bertz CT molecular complexity index is 67.7. The Hall–Kier alpha value is 1.86. The summed E-state index contributed by atoms with van der Waals surface area (Å²) >= 11 is 21.8. The Labute approximate surface area is 88.7 Å². The van der Waals surface area contributed by atoms with Crippen LogP contribution in [0.5, 0.6) is 0 Å². The minimum atomic E-state index is -0.304. The zero-order valence-electron chi connectivity index (χ0n) is 4.90. The SMILES string of the molecule is ClC(Cl)CSSCC(Cl)Cl. The van der Waals surface area contributed by atoms with Gasteiger partial charge in [0, 0.05) is 11.5 Å². The Kier molecular flexibility index (Phi) is 8.90. The molecule has 62 valence electrons. The Morgan fingerprint density at radius 1 is 0.800 bits per heavy atom. The van der Waals surface area contributed by atoms with Gasteiger partial charge in [0.05, 0.1) is 0 Å². The molecule has 0 bridgehead atoms. The number of halogens is 4. The largest absolute Gasteiger partial charge is 0.117 e. The normalized spacial score (nSPS) is 11.4. The molecule has 0 amide bonds. The van der Waals surface area contributed by atoms with Gasteiger partial charge in [-0.15, -0.1) is 46.4 Å². The average Bonchev–Trinajstić information content (AvgIpc) is 1.79. The first-order chi connectivity index (χ1) is 4.63. The van der Waals surface area contributed by atoms with Crippen LogP contribution in [-0.2, 0) is 0 Å². The first-order valence-corrected chi connectivity index (χ1v) is 6.67. The summed E-state index contributed by atoms with van der Waals surface area (Å²) < 4.78 is 0. The third kappa shape index (κ3) is 9.86. The lowest BCUT2D eigenvalue weighted by Gasteiger charge is -2.00. The van der Waals surface area contributed by atoms with Crippen molar-refractivity contribution in [1.29, 1.82) is 0 Å². The molecule has 0 atom stereocenters. The second kappa shape index (κ2) is 7.51. The summed E-state index contributed by atoms with van der Waals surface area (Å²) in [5, 5.41) is 0. The predicted octanol–water partition coefficient (Wildman–Crippen LogP) is 3.98. The molecule has 0 nitrogen and oxygen atoms in total. The molecule has 0 heterocycles. The van der Waals surface area contributed by atoms with E-state index in [1.807, 2.05) is 0 Å². The maximum absolute atomic E-state index is 5.46. The van der Waals surface area contributed by atoms with Crippen molar-refractivity contribution in [3.63, 3.8) is 0 Å². The topological polar surface area (TPSA) is 0 Å². The van der Waals surface area contributed by atoms with E-state index in [9.17, 15) is 0 Å². The van der Waals surface area contributed by atoms with Crippen LogP contribution in [-0.4, -0.2) is 21.2 Å². The van der Waals surface area contributed by atoms with Gasteiger partial charge >= 0.3 is 0 Å². The molecule has 0 aliphatic carbocycles. The van der Waals surface area contributed by atoms with Crippen molar-refractivity contribution >= 4 is 68.0 Å². The summed E-state index contributed by atoms with van der Waals surface area (Å²) in [5.41, 5.74) is 0. The quantitative estimate of drug-likeness (QED) is 0.416. The van der Waals surface area contributed by atoms with Gasteiger partial charge in [-0.1, -0.05) is 21.6 Å². The number of hydrogen-bond acceptors (Lipinski definition) is 2. The van der Waals surface area contributed by atoms with Gasteiger partial charge in [0.25, 0.3) is 0 Å². The van der Waals surface area contributed by atoms with Gasteiger partial charge in [-0.25, -0.2) is 0 Å². The van der Waals surface area contributed by atoms with Gasteiger partial charge in [-0.05, 0) is 0 Å². The van der Waals surface area contributed by atoms with Crippen molar-refractivity contribution in [1.82, 2.24) is 0 Å². The molecule has 0 fully saturated rings. The lowest BCUT2D eigenvalue weighted by atomic mass is 10.9.